The fraction of sp³-hybridized carbons (Fsp3) is 0.333. The molecule has 10 heteroatoms. The van der Waals surface area contributed by atoms with Crippen molar-refractivity contribution in [3.05, 3.63) is 38.4 Å². The number of anilines is 1. The van der Waals surface area contributed by atoms with Crippen LogP contribution in [-0.4, -0.2) is 20.9 Å². The zero-order chi connectivity index (χ0) is 16.7. The zero-order valence-electron chi connectivity index (χ0n) is 11.7. The molecule has 0 heterocycles. The molecule has 1 rings (SSSR count). The molecular formula is C12H14N4O5S. The van der Waals surface area contributed by atoms with E-state index in [0.717, 1.165) is 18.6 Å². The van der Waals surface area contributed by atoms with E-state index in [0.29, 0.717) is 12.8 Å². The Kier molecular flexibility index (Phi) is 6.32. The first-order valence-corrected chi connectivity index (χ1v) is 6.79. The quantitative estimate of drug-likeness (QED) is 0.467. The summed E-state index contributed by atoms with van der Waals surface area (Å²) in [5, 5.41) is 26.4. The predicted molar refractivity (Wildman–Crippen MR) is 83.6 cm³/mol. The van der Waals surface area contributed by atoms with Crippen molar-refractivity contribution >= 4 is 40.3 Å². The smallest absolute Gasteiger partial charge is 0.299 e. The molecular weight excluding hydrogens is 312 g/mol. The van der Waals surface area contributed by atoms with E-state index >= 15 is 0 Å². The number of nitro groups is 2. The predicted octanol–water partition coefficient (Wildman–Crippen LogP) is 2.51. The third-order valence-corrected chi connectivity index (χ3v) is 2.85. The van der Waals surface area contributed by atoms with E-state index in [1.54, 1.807) is 0 Å². The molecule has 118 valence electrons. The average molecular weight is 326 g/mol. The summed E-state index contributed by atoms with van der Waals surface area (Å²) in [6.45, 7) is 1.93. The molecule has 2 N–H and O–H groups in total. The molecule has 0 unspecified atom stereocenters. The van der Waals surface area contributed by atoms with Crippen LogP contribution in [0.4, 0.5) is 17.1 Å². The minimum atomic E-state index is -0.767. The third kappa shape index (κ3) is 5.05. The highest BCUT2D eigenvalue weighted by atomic mass is 32.1. The molecule has 1 aromatic rings. The van der Waals surface area contributed by atoms with Crippen LogP contribution < -0.4 is 10.6 Å². The van der Waals surface area contributed by atoms with Crippen molar-refractivity contribution in [3.63, 3.8) is 0 Å². The van der Waals surface area contributed by atoms with E-state index < -0.39 is 21.2 Å². The minimum Gasteiger partial charge on any atom is -0.327 e. The summed E-state index contributed by atoms with van der Waals surface area (Å²) in [5.74, 6) is -0.302. The van der Waals surface area contributed by atoms with Crippen molar-refractivity contribution in [2.75, 3.05) is 5.32 Å². The molecule has 0 aliphatic carbocycles. The van der Waals surface area contributed by atoms with Crippen LogP contribution in [0.2, 0.25) is 0 Å². The first-order valence-electron chi connectivity index (χ1n) is 6.38. The van der Waals surface area contributed by atoms with Gasteiger partial charge in [0.25, 0.3) is 11.4 Å². The van der Waals surface area contributed by atoms with Gasteiger partial charge in [0.2, 0.25) is 5.91 Å². The fourth-order valence-electron chi connectivity index (χ4n) is 1.57. The standard InChI is InChI=1S/C12H14N4O5S/c1-2-3-4-11(17)14-12(22)13-9-6-5-8(15(18)19)7-10(9)16(20)21/h5-7H,2-4H2,1H3,(H2,13,14,17,22). The van der Waals surface area contributed by atoms with Crippen LogP contribution >= 0.6 is 12.2 Å². The topological polar surface area (TPSA) is 127 Å². The van der Waals surface area contributed by atoms with Crippen molar-refractivity contribution < 1.29 is 14.6 Å². The highest BCUT2D eigenvalue weighted by molar-refractivity contribution is 7.80. The Labute approximate surface area is 131 Å². The van der Waals surface area contributed by atoms with E-state index in [1.807, 2.05) is 6.92 Å². The Balaban J connectivity index is 2.84. The Bertz CT molecular complexity index is 620. The number of amides is 1. The summed E-state index contributed by atoms with van der Waals surface area (Å²) in [6, 6.07) is 3.10. The first kappa shape index (κ1) is 17.4. The van der Waals surface area contributed by atoms with E-state index in [1.165, 1.54) is 6.07 Å². The van der Waals surface area contributed by atoms with Gasteiger partial charge in [-0.05, 0) is 24.7 Å². The van der Waals surface area contributed by atoms with E-state index in [9.17, 15) is 25.0 Å². The van der Waals surface area contributed by atoms with Gasteiger partial charge in [-0.25, -0.2) is 0 Å². The number of nitrogens with zero attached hydrogens (tertiary/aromatic N) is 2. The van der Waals surface area contributed by atoms with Gasteiger partial charge < -0.3 is 10.6 Å². The summed E-state index contributed by atoms with van der Waals surface area (Å²) in [4.78, 5) is 31.6. The van der Waals surface area contributed by atoms with E-state index in [-0.39, 0.29) is 16.7 Å². The molecule has 22 heavy (non-hydrogen) atoms. The van der Waals surface area contributed by atoms with Gasteiger partial charge in [0.15, 0.2) is 5.11 Å². The number of non-ortho nitro benzene ring substituents is 1. The maximum Gasteiger partial charge on any atom is 0.299 e. The molecule has 0 spiro atoms. The number of nitrogens with one attached hydrogen (secondary N) is 2. The summed E-state index contributed by atoms with van der Waals surface area (Å²) in [5.41, 5.74) is -0.939. The number of nitro benzene ring substituents is 2. The van der Waals surface area contributed by atoms with Crippen LogP contribution in [0.5, 0.6) is 0 Å². The van der Waals surface area contributed by atoms with E-state index in [2.05, 4.69) is 10.6 Å². The summed E-state index contributed by atoms with van der Waals surface area (Å²) < 4.78 is 0. The maximum atomic E-state index is 11.5. The van der Waals surface area contributed by atoms with Crippen molar-refractivity contribution in [1.29, 1.82) is 0 Å². The fourth-order valence-corrected chi connectivity index (χ4v) is 1.79. The van der Waals surface area contributed by atoms with Gasteiger partial charge in [0.1, 0.15) is 5.69 Å². The van der Waals surface area contributed by atoms with Crippen LogP contribution in [0.15, 0.2) is 18.2 Å². The van der Waals surface area contributed by atoms with Crippen molar-refractivity contribution in [2.24, 2.45) is 0 Å². The number of unbranched alkanes of at least 4 members (excludes halogenated alkanes) is 1. The maximum absolute atomic E-state index is 11.5. The summed E-state index contributed by atoms with van der Waals surface area (Å²) in [7, 11) is 0. The second-order valence-electron chi connectivity index (χ2n) is 4.32. The van der Waals surface area contributed by atoms with Gasteiger partial charge in [0, 0.05) is 12.5 Å². The van der Waals surface area contributed by atoms with Gasteiger partial charge in [-0.15, -0.1) is 0 Å². The van der Waals surface area contributed by atoms with Crippen molar-refractivity contribution in [3.8, 4) is 0 Å². The molecule has 0 aliphatic heterocycles. The molecule has 0 aromatic heterocycles. The van der Waals surface area contributed by atoms with Gasteiger partial charge in [-0.1, -0.05) is 13.3 Å². The normalized spacial score (nSPS) is 9.86. The first-order chi connectivity index (χ1) is 10.3. The van der Waals surface area contributed by atoms with Crippen LogP contribution in [0.3, 0.4) is 0 Å². The number of hydrogen-bond donors (Lipinski definition) is 2. The minimum absolute atomic E-state index is 0.0311. The number of carbonyl (C=O) groups is 1. The SMILES string of the molecule is CCCCC(=O)NC(=S)Nc1ccc([N+](=O)[O-])cc1[N+](=O)[O-]. The summed E-state index contributed by atoms with van der Waals surface area (Å²) in [6.07, 6.45) is 1.84. The highest BCUT2D eigenvalue weighted by Gasteiger charge is 2.20. The monoisotopic (exact) mass is 326 g/mol. The number of benzene rings is 1. The molecule has 0 radical (unpaired) electrons. The van der Waals surface area contributed by atoms with Gasteiger partial charge in [-0.3, -0.25) is 25.0 Å². The Morgan fingerprint density at radius 3 is 2.50 bits per heavy atom. The molecule has 9 nitrogen and oxygen atoms in total. The van der Waals surface area contributed by atoms with Crippen molar-refractivity contribution in [2.45, 2.75) is 26.2 Å². The second-order valence-corrected chi connectivity index (χ2v) is 4.73. The summed E-state index contributed by atoms with van der Waals surface area (Å²) >= 11 is 4.89. The lowest BCUT2D eigenvalue weighted by Crippen LogP contribution is -2.34. The van der Waals surface area contributed by atoms with Crippen LogP contribution in [-0.2, 0) is 4.79 Å². The van der Waals surface area contributed by atoms with Crippen LogP contribution in [0.25, 0.3) is 0 Å². The average Bonchev–Trinajstić information content (AvgIpc) is 2.44. The molecule has 0 fully saturated rings. The largest absolute Gasteiger partial charge is 0.327 e. The van der Waals surface area contributed by atoms with Crippen LogP contribution in [0, 0.1) is 20.2 Å². The van der Waals surface area contributed by atoms with Gasteiger partial charge in [0.05, 0.1) is 15.9 Å². The molecule has 0 saturated heterocycles. The Hall–Kier alpha value is -2.62. The Morgan fingerprint density at radius 1 is 1.27 bits per heavy atom. The molecule has 1 amide bonds. The lowest BCUT2D eigenvalue weighted by Gasteiger charge is -2.09. The van der Waals surface area contributed by atoms with Gasteiger partial charge in [-0.2, -0.15) is 0 Å². The third-order valence-electron chi connectivity index (χ3n) is 2.65. The molecule has 0 saturated carbocycles. The van der Waals surface area contributed by atoms with Gasteiger partial charge >= 0.3 is 0 Å². The highest BCUT2D eigenvalue weighted by Crippen LogP contribution is 2.28. The number of carbonyl (C=O) groups excluding carboxylic acids is 1. The zero-order valence-corrected chi connectivity index (χ0v) is 12.5. The Morgan fingerprint density at radius 2 is 1.95 bits per heavy atom. The number of rotatable bonds is 6. The van der Waals surface area contributed by atoms with E-state index in [4.69, 9.17) is 12.2 Å². The molecule has 1 aromatic carbocycles. The lowest BCUT2D eigenvalue weighted by atomic mass is 10.2. The van der Waals surface area contributed by atoms with Crippen LogP contribution in [0.1, 0.15) is 26.2 Å². The molecule has 0 atom stereocenters. The second kappa shape index (κ2) is 7.98. The number of thiocarbonyl (C=S) groups is 1. The lowest BCUT2D eigenvalue weighted by molar-refractivity contribution is -0.393. The number of hydrogen-bond acceptors (Lipinski definition) is 6. The molecule has 0 aliphatic rings. The molecule has 0 bridgehead atoms. The van der Waals surface area contributed by atoms with Crippen molar-refractivity contribution in [1.82, 2.24) is 5.32 Å².